The quantitative estimate of drug-likeness (QED) is 0.306. The summed E-state index contributed by atoms with van der Waals surface area (Å²) < 4.78 is 10.1. The molecule has 0 saturated carbocycles. The Labute approximate surface area is 173 Å². The second-order valence-electron chi connectivity index (χ2n) is 6.82. The monoisotopic (exact) mass is 413 g/mol. The highest BCUT2D eigenvalue weighted by molar-refractivity contribution is 5.97. The molecule has 3 rings (SSSR count). The molecule has 1 heterocycles. The van der Waals surface area contributed by atoms with Gasteiger partial charge in [-0.1, -0.05) is 24.3 Å². The van der Waals surface area contributed by atoms with Crippen molar-refractivity contribution in [3.8, 4) is 0 Å². The standard InChI is InChI=1S/C21H23N3O6/c1-29-11-9-22-19-7-6-17(24(27)28)12-18(19)21(26)30-14-20(25)23-10-8-15-4-2-3-5-16(15)13-23/h2-7,12,22H,8-11,13-14H2,1H3. The molecule has 0 atom stereocenters. The first kappa shape index (κ1) is 21.3. The van der Waals surface area contributed by atoms with E-state index in [1.54, 1.807) is 4.90 Å². The number of fused-ring (bicyclic) bond motifs is 1. The Hall–Kier alpha value is -3.46. The van der Waals surface area contributed by atoms with E-state index in [-0.39, 0.29) is 17.2 Å². The lowest BCUT2D eigenvalue weighted by molar-refractivity contribution is -0.384. The first-order valence-electron chi connectivity index (χ1n) is 9.52. The highest BCUT2D eigenvalue weighted by atomic mass is 16.6. The number of anilines is 1. The van der Waals surface area contributed by atoms with Crippen LogP contribution in [-0.2, 0) is 27.2 Å². The topological polar surface area (TPSA) is 111 Å². The highest BCUT2D eigenvalue weighted by Crippen LogP contribution is 2.23. The van der Waals surface area contributed by atoms with Gasteiger partial charge in [-0.05, 0) is 23.6 Å². The molecule has 2 aromatic carbocycles. The second kappa shape index (κ2) is 9.84. The zero-order chi connectivity index (χ0) is 21.5. The fourth-order valence-electron chi connectivity index (χ4n) is 3.26. The Morgan fingerprint density at radius 1 is 1.20 bits per heavy atom. The minimum Gasteiger partial charge on any atom is -0.452 e. The molecule has 1 aliphatic heterocycles. The number of rotatable bonds is 8. The van der Waals surface area contributed by atoms with Gasteiger partial charge in [0.25, 0.3) is 11.6 Å². The second-order valence-corrected chi connectivity index (χ2v) is 6.82. The maximum Gasteiger partial charge on any atom is 0.341 e. The van der Waals surface area contributed by atoms with Crippen molar-refractivity contribution in [2.45, 2.75) is 13.0 Å². The van der Waals surface area contributed by atoms with Gasteiger partial charge in [-0.25, -0.2) is 4.79 Å². The minimum absolute atomic E-state index is 0.00269. The summed E-state index contributed by atoms with van der Waals surface area (Å²) in [6.45, 7) is 1.38. The normalized spacial score (nSPS) is 12.8. The fraction of sp³-hybridized carbons (Fsp3) is 0.333. The minimum atomic E-state index is -0.802. The molecule has 9 nitrogen and oxygen atoms in total. The molecule has 0 unspecified atom stereocenters. The smallest absolute Gasteiger partial charge is 0.341 e. The molecule has 9 heteroatoms. The number of non-ortho nitro benzene ring substituents is 1. The summed E-state index contributed by atoms with van der Waals surface area (Å²) in [5.74, 6) is -1.11. The van der Waals surface area contributed by atoms with Gasteiger partial charge in [0.1, 0.15) is 0 Å². The summed E-state index contributed by atoms with van der Waals surface area (Å²) in [6.07, 6.45) is 0.744. The van der Waals surface area contributed by atoms with Crippen LogP contribution in [-0.4, -0.2) is 55.1 Å². The van der Waals surface area contributed by atoms with E-state index in [0.717, 1.165) is 18.1 Å². The van der Waals surface area contributed by atoms with Crippen LogP contribution in [0.15, 0.2) is 42.5 Å². The largest absolute Gasteiger partial charge is 0.452 e. The van der Waals surface area contributed by atoms with Gasteiger partial charge in [-0.15, -0.1) is 0 Å². The summed E-state index contributed by atoms with van der Waals surface area (Å²) in [7, 11) is 1.54. The number of nitro benzene ring substituents is 1. The molecule has 0 saturated heterocycles. The van der Waals surface area contributed by atoms with Gasteiger partial charge in [0.15, 0.2) is 6.61 Å². The summed E-state index contributed by atoms with van der Waals surface area (Å²) in [4.78, 5) is 37.2. The molecule has 0 spiro atoms. The molecule has 0 aliphatic carbocycles. The lowest BCUT2D eigenvalue weighted by atomic mass is 10.00. The van der Waals surface area contributed by atoms with Crippen LogP contribution in [0.3, 0.4) is 0 Å². The Kier molecular flexibility index (Phi) is 6.97. The predicted octanol–water partition coefficient (Wildman–Crippen LogP) is 2.39. The van der Waals surface area contributed by atoms with Crippen LogP contribution in [0.2, 0.25) is 0 Å². The number of hydrogen-bond acceptors (Lipinski definition) is 7. The molecule has 1 N–H and O–H groups in total. The lowest BCUT2D eigenvalue weighted by Gasteiger charge is -2.28. The first-order valence-corrected chi connectivity index (χ1v) is 9.52. The van der Waals surface area contributed by atoms with Crippen molar-refractivity contribution in [2.24, 2.45) is 0 Å². The molecular formula is C21H23N3O6. The summed E-state index contributed by atoms with van der Waals surface area (Å²) in [5.41, 5.74) is 2.42. The Bertz CT molecular complexity index is 946. The van der Waals surface area contributed by atoms with Gasteiger partial charge in [0.2, 0.25) is 0 Å². The van der Waals surface area contributed by atoms with Gasteiger partial charge in [0.05, 0.1) is 17.1 Å². The van der Waals surface area contributed by atoms with Crippen molar-refractivity contribution in [3.63, 3.8) is 0 Å². The van der Waals surface area contributed by atoms with E-state index in [1.807, 2.05) is 24.3 Å². The van der Waals surface area contributed by atoms with Crippen LogP contribution >= 0.6 is 0 Å². The number of ether oxygens (including phenoxy) is 2. The van der Waals surface area contributed by atoms with Crippen molar-refractivity contribution in [1.82, 2.24) is 4.90 Å². The van der Waals surface area contributed by atoms with Gasteiger partial charge >= 0.3 is 5.97 Å². The zero-order valence-corrected chi connectivity index (χ0v) is 16.6. The number of methoxy groups -OCH3 is 1. The van der Waals surface area contributed by atoms with Crippen molar-refractivity contribution in [1.29, 1.82) is 0 Å². The summed E-state index contributed by atoms with van der Waals surface area (Å²) >= 11 is 0. The fourth-order valence-corrected chi connectivity index (χ4v) is 3.26. The number of benzene rings is 2. The number of hydrogen-bond donors (Lipinski definition) is 1. The molecular weight excluding hydrogens is 390 g/mol. The average molecular weight is 413 g/mol. The third kappa shape index (κ3) is 5.12. The molecule has 0 radical (unpaired) electrons. The van der Waals surface area contributed by atoms with Crippen LogP contribution < -0.4 is 5.32 Å². The number of amides is 1. The molecule has 0 aromatic heterocycles. The molecule has 1 aliphatic rings. The van der Waals surface area contributed by atoms with E-state index in [2.05, 4.69) is 5.32 Å². The lowest BCUT2D eigenvalue weighted by Crippen LogP contribution is -2.38. The van der Waals surface area contributed by atoms with E-state index in [1.165, 1.54) is 24.8 Å². The predicted molar refractivity (Wildman–Crippen MR) is 109 cm³/mol. The number of carbonyl (C=O) groups excluding carboxylic acids is 2. The van der Waals surface area contributed by atoms with Crippen molar-refractivity contribution >= 4 is 23.3 Å². The Morgan fingerprint density at radius 3 is 2.70 bits per heavy atom. The van der Waals surface area contributed by atoms with Crippen molar-refractivity contribution in [2.75, 3.05) is 38.7 Å². The van der Waals surface area contributed by atoms with E-state index >= 15 is 0 Å². The number of carbonyl (C=O) groups is 2. The van der Waals surface area contributed by atoms with E-state index in [4.69, 9.17) is 9.47 Å². The molecule has 0 fully saturated rings. The van der Waals surface area contributed by atoms with Gasteiger partial charge < -0.3 is 19.7 Å². The highest BCUT2D eigenvalue weighted by Gasteiger charge is 2.23. The molecule has 158 valence electrons. The van der Waals surface area contributed by atoms with Gasteiger partial charge in [-0.3, -0.25) is 14.9 Å². The van der Waals surface area contributed by atoms with E-state index < -0.39 is 17.5 Å². The molecule has 1 amide bonds. The Morgan fingerprint density at radius 2 is 1.97 bits per heavy atom. The van der Waals surface area contributed by atoms with Crippen molar-refractivity contribution in [3.05, 3.63) is 69.3 Å². The number of nitrogens with zero attached hydrogens (tertiary/aromatic N) is 2. The van der Waals surface area contributed by atoms with Crippen LogP contribution in [0.25, 0.3) is 0 Å². The number of esters is 1. The third-order valence-electron chi connectivity index (χ3n) is 4.87. The summed E-state index contributed by atoms with van der Waals surface area (Å²) in [5, 5.41) is 14.1. The number of nitrogens with one attached hydrogen (secondary N) is 1. The van der Waals surface area contributed by atoms with Crippen LogP contribution in [0.1, 0.15) is 21.5 Å². The van der Waals surface area contributed by atoms with Gasteiger partial charge in [-0.2, -0.15) is 0 Å². The third-order valence-corrected chi connectivity index (χ3v) is 4.87. The van der Waals surface area contributed by atoms with E-state index in [0.29, 0.717) is 31.9 Å². The average Bonchev–Trinajstić information content (AvgIpc) is 2.77. The maximum absolute atomic E-state index is 12.6. The van der Waals surface area contributed by atoms with Crippen LogP contribution in [0.5, 0.6) is 0 Å². The maximum atomic E-state index is 12.6. The zero-order valence-electron chi connectivity index (χ0n) is 16.6. The molecule has 30 heavy (non-hydrogen) atoms. The summed E-state index contributed by atoms with van der Waals surface area (Å²) in [6, 6.07) is 11.8. The van der Waals surface area contributed by atoms with E-state index in [9.17, 15) is 19.7 Å². The van der Waals surface area contributed by atoms with Crippen LogP contribution in [0, 0.1) is 10.1 Å². The first-order chi connectivity index (χ1) is 14.5. The van der Waals surface area contributed by atoms with Crippen LogP contribution in [0.4, 0.5) is 11.4 Å². The van der Waals surface area contributed by atoms with Gasteiger partial charge in [0, 0.05) is 44.6 Å². The van der Waals surface area contributed by atoms with Crippen molar-refractivity contribution < 1.29 is 24.0 Å². The molecule has 2 aromatic rings. The molecule has 0 bridgehead atoms. The SMILES string of the molecule is COCCNc1ccc([N+](=O)[O-])cc1C(=O)OCC(=O)N1CCc2ccccc2C1. The Balaban J connectivity index is 1.65. The number of nitro groups is 1.